The monoisotopic (exact) mass is 344 g/mol. The molecule has 0 aromatic carbocycles. The summed E-state index contributed by atoms with van der Waals surface area (Å²) in [5.41, 5.74) is 0.0827. The maximum atomic E-state index is 13.0. The van der Waals surface area contributed by atoms with Gasteiger partial charge in [0, 0.05) is 12.0 Å². The molecule has 118 valence electrons. The van der Waals surface area contributed by atoms with Gasteiger partial charge in [0.15, 0.2) is 10.1 Å². The molecule has 0 aromatic rings. The minimum Gasteiger partial charge on any atom is -0.743 e. The van der Waals surface area contributed by atoms with E-state index in [4.69, 9.17) is 0 Å². The fraction of sp³-hybridized carbons (Fsp3) is 0.700. The molecule has 0 aromatic heterocycles. The molecule has 0 fully saturated rings. The van der Waals surface area contributed by atoms with Gasteiger partial charge < -0.3 is 9.29 Å². The Kier molecular flexibility index (Phi) is 9.32. The Labute approximate surface area is 141 Å². The van der Waals surface area contributed by atoms with Gasteiger partial charge in [-0.25, -0.2) is 13.2 Å². The minimum absolute atomic E-state index is 0. The summed E-state index contributed by atoms with van der Waals surface area (Å²) in [5.74, 6) is -5.74. The summed E-state index contributed by atoms with van der Waals surface area (Å²) in [6.07, 6.45) is -2.27. The number of hydrogen-bond donors (Lipinski definition) is 0. The van der Waals surface area contributed by atoms with Crippen molar-refractivity contribution in [2.24, 2.45) is 0 Å². The van der Waals surface area contributed by atoms with Crippen LogP contribution in [0, 0.1) is 0 Å². The topological polar surface area (TPSA) is 83.5 Å². The molecule has 0 saturated carbocycles. The molecular weight excluding hydrogens is 331 g/mol. The summed E-state index contributed by atoms with van der Waals surface area (Å²) in [5, 5.41) is -5.67. The first-order valence-electron chi connectivity index (χ1n) is 5.36. The van der Waals surface area contributed by atoms with Crippen LogP contribution in [0.1, 0.15) is 26.2 Å². The van der Waals surface area contributed by atoms with E-state index in [1.165, 1.54) is 6.92 Å². The summed E-state index contributed by atoms with van der Waals surface area (Å²) in [4.78, 5) is 10.9. The zero-order chi connectivity index (χ0) is 16.2. The molecule has 0 N–H and O–H groups in total. The van der Waals surface area contributed by atoms with Crippen molar-refractivity contribution in [3.8, 4) is 0 Å². The summed E-state index contributed by atoms with van der Waals surface area (Å²) in [6.45, 7) is 4.31. The van der Waals surface area contributed by atoms with Gasteiger partial charge in [0.2, 0.25) is 0 Å². The molecule has 0 spiro atoms. The Hall–Kier alpha value is -0.160. The van der Waals surface area contributed by atoms with Crippen LogP contribution in [0.25, 0.3) is 0 Å². The van der Waals surface area contributed by atoms with Crippen molar-refractivity contribution in [2.75, 3.05) is 6.61 Å². The molecule has 0 aliphatic carbocycles. The SMILES string of the molecule is C=C(C)C(=O)OCCCCC(F)(F)C(F)(F)S(=O)(=O)[O-].[Na+]. The van der Waals surface area contributed by atoms with Crippen molar-refractivity contribution in [1.82, 2.24) is 0 Å². The molecule has 0 aliphatic heterocycles. The fourth-order valence-corrected chi connectivity index (χ4v) is 1.53. The molecule has 0 atom stereocenters. The largest absolute Gasteiger partial charge is 1.00 e. The van der Waals surface area contributed by atoms with Crippen molar-refractivity contribution < 1.29 is 69.6 Å². The molecule has 0 bridgehead atoms. The number of ether oxygens (including phenoxy) is 1. The number of carbonyl (C=O) groups excluding carboxylic acids is 1. The predicted octanol–water partition coefficient (Wildman–Crippen LogP) is -0.947. The van der Waals surface area contributed by atoms with Gasteiger partial charge in [-0.05, 0) is 19.8 Å². The average molecular weight is 344 g/mol. The van der Waals surface area contributed by atoms with Gasteiger partial charge in [-0.2, -0.15) is 17.6 Å². The van der Waals surface area contributed by atoms with Crippen molar-refractivity contribution in [3.05, 3.63) is 12.2 Å². The molecule has 11 heteroatoms. The first-order chi connectivity index (χ1) is 8.83. The number of rotatable bonds is 8. The van der Waals surface area contributed by atoms with Gasteiger partial charge in [0.1, 0.15) is 0 Å². The van der Waals surface area contributed by atoms with Crippen LogP contribution in [0.4, 0.5) is 17.6 Å². The van der Waals surface area contributed by atoms with Crippen LogP contribution in [-0.4, -0.2) is 36.7 Å². The van der Waals surface area contributed by atoms with Crippen molar-refractivity contribution in [1.29, 1.82) is 0 Å². The maximum absolute atomic E-state index is 13.0. The van der Waals surface area contributed by atoms with Crippen molar-refractivity contribution >= 4 is 16.1 Å². The second kappa shape index (κ2) is 8.47. The standard InChI is InChI=1S/C10H14F4O5S.Na/c1-7(2)8(15)19-6-4-3-5-9(11,12)10(13,14)20(16,17)18;/h1,3-6H2,2H3,(H,16,17,18);/q;+1/p-1. The number of alkyl halides is 4. The number of esters is 1. The van der Waals surface area contributed by atoms with E-state index in [2.05, 4.69) is 11.3 Å². The molecule has 0 heterocycles. The van der Waals surface area contributed by atoms with E-state index < -0.39 is 40.1 Å². The number of carbonyl (C=O) groups is 1. The Bertz CT molecular complexity index is 478. The van der Waals surface area contributed by atoms with Crippen LogP contribution in [-0.2, 0) is 19.6 Å². The van der Waals surface area contributed by atoms with Crippen LogP contribution in [0.5, 0.6) is 0 Å². The fourth-order valence-electron chi connectivity index (χ4n) is 1.07. The molecule has 0 unspecified atom stereocenters. The average Bonchev–Trinajstić information content (AvgIpc) is 2.26. The van der Waals surface area contributed by atoms with E-state index in [0.29, 0.717) is 0 Å². The summed E-state index contributed by atoms with van der Waals surface area (Å²) in [6, 6.07) is 0. The quantitative estimate of drug-likeness (QED) is 0.142. The normalized spacial score (nSPS) is 12.5. The summed E-state index contributed by atoms with van der Waals surface area (Å²) < 4.78 is 86.1. The van der Waals surface area contributed by atoms with E-state index in [9.17, 15) is 35.3 Å². The van der Waals surface area contributed by atoms with Gasteiger partial charge in [0.25, 0.3) is 0 Å². The smallest absolute Gasteiger partial charge is 0.743 e. The third kappa shape index (κ3) is 6.64. The minimum atomic E-state index is -6.46. The third-order valence-electron chi connectivity index (χ3n) is 2.21. The van der Waals surface area contributed by atoms with Gasteiger partial charge in [0.05, 0.1) is 6.61 Å². The first-order valence-corrected chi connectivity index (χ1v) is 6.77. The first kappa shape index (κ1) is 23.1. The number of halogens is 4. The Morgan fingerprint density at radius 2 is 1.71 bits per heavy atom. The molecule has 0 aliphatic rings. The van der Waals surface area contributed by atoms with E-state index in [-0.39, 0.29) is 48.2 Å². The molecule has 21 heavy (non-hydrogen) atoms. The molecule has 0 saturated heterocycles. The Morgan fingerprint density at radius 1 is 1.24 bits per heavy atom. The zero-order valence-corrected chi connectivity index (χ0v) is 14.3. The molecule has 0 rings (SSSR count). The van der Waals surface area contributed by atoms with Gasteiger partial charge in [-0.3, -0.25) is 0 Å². The Balaban J connectivity index is 0. The second-order valence-corrected chi connectivity index (χ2v) is 5.47. The van der Waals surface area contributed by atoms with Crippen LogP contribution < -0.4 is 29.6 Å². The summed E-state index contributed by atoms with van der Waals surface area (Å²) >= 11 is 0. The number of hydrogen-bond acceptors (Lipinski definition) is 5. The van der Waals surface area contributed by atoms with Gasteiger partial charge >= 0.3 is 46.7 Å². The molecular formula is C10H13F4NaO5S. The van der Waals surface area contributed by atoms with Crippen LogP contribution in [0.15, 0.2) is 12.2 Å². The predicted molar refractivity (Wildman–Crippen MR) is 59.2 cm³/mol. The Morgan fingerprint density at radius 3 is 2.10 bits per heavy atom. The number of unbranched alkanes of at least 4 members (excludes halogenated alkanes) is 1. The summed E-state index contributed by atoms with van der Waals surface area (Å²) in [7, 11) is -6.46. The van der Waals surface area contributed by atoms with Crippen LogP contribution in [0.3, 0.4) is 0 Å². The van der Waals surface area contributed by atoms with E-state index in [1.807, 2.05) is 0 Å². The third-order valence-corrected chi connectivity index (χ3v) is 3.13. The van der Waals surface area contributed by atoms with E-state index >= 15 is 0 Å². The van der Waals surface area contributed by atoms with Gasteiger partial charge in [-0.15, -0.1) is 0 Å². The van der Waals surface area contributed by atoms with Gasteiger partial charge in [-0.1, -0.05) is 6.58 Å². The van der Waals surface area contributed by atoms with Crippen LogP contribution >= 0.6 is 0 Å². The van der Waals surface area contributed by atoms with Crippen molar-refractivity contribution in [3.63, 3.8) is 0 Å². The molecule has 0 amide bonds. The second-order valence-electron chi connectivity index (χ2n) is 4.05. The molecule has 5 nitrogen and oxygen atoms in total. The zero-order valence-electron chi connectivity index (χ0n) is 11.5. The van der Waals surface area contributed by atoms with Crippen LogP contribution in [0.2, 0.25) is 0 Å². The van der Waals surface area contributed by atoms with Crippen molar-refractivity contribution in [2.45, 2.75) is 37.4 Å². The van der Waals surface area contributed by atoms with E-state index in [0.717, 1.165) is 0 Å². The van der Waals surface area contributed by atoms with E-state index in [1.54, 1.807) is 0 Å². The maximum Gasteiger partial charge on any atom is 1.00 e. The molecule has 0 radical (unpaired) electrons.